The Hall–Kier alpha value is -2.17. The van der Waals surface area contributed by atoms with Crippen molar-refractivity contribution < 1.29 is 4.79 Å². The van der Waals surface area contributed by atoms with E-state index in [1.54, 1.807) is 10.6 Å². The highest BCUT2D eigenvalue weighted by Gasteiger charge is 2.17. The molecule has 3 rings (SSSR count). The number of nitrogens with one attached hydrogen (secondary N) is 1. The van der Waals surface area contributed by atoms with E-state index in [0.717, 1.165) is 24.2 Å². The predicted octanol–water partition coefficient (Wildman–Crippen LogP) is 1.79. The first-order chi connectivity index (χ1) is 9.13. The normalized spacial score (nSPS) is 18.1. The Morgan fingerprint density at radius 2 is 2.26 bits per heavy atom. The second kappa shape index (κ2) is 4.50. The van der Waals surface area contributed by atoms with E-state index in [2.05, 4.69) is 21.5 Å². The molecule has 0 aliphatic heterocycles. The van der Waals surface area contributed by atoms with Crippen LogP contribution in [0.2, 0.25) is 0 Å². The number of hydrogen-bond acceptors (Lipinski definition) is 3. The minimum absolute atomic E-state index is 0.133. The fourth-order valence-corrected chi connectivity index (χ4v) is 2.39. The molecule has 0 saturated heterocycles. The summed E-state index contributed by atoms with van der Waals surface area (Å²) in [5.74, 6) is -0.140. The SMILES string of the molecule is Cc1cc(C)n2nc(C(=O)NC3C=CCC3)cc2n1. The lowest BCUT2D eigenvalue weighted by atomic mass is 10.2. The molecular formula is C14H16N4O. The Labute approximate surface area is 111 Å². The number of amides is 1. The molecule has 5 nitrogen and oxygen atoms in total. The maximum atomic E-state index is 12.1. The summed E-state index contributed by atoms with van der Waals surface area (Å²) in [6.07, 6.45) is 6.11. The topological polar surface area (TPSA) is 59.3 Å². The van der Waals surface area contributed by atoms with Crippen LogP contribution < -0.4 is 5.32 Å². The smallest absolute Gasteiger partial charge is 0.272 e. The third-order valence-corrected chi connectivity index (χ3v) is 3.30. The van der Waals surface area contributed by atoms with Gasteiger partial charge in [0, 0.05) is 23.5 Å². The highest BCUT2D eigenvalue weighted by molar-refractivity contribution is 5.93. The summed E-state index contributed by atoms with van der Waals surface area (Å²) in [5.41, 5.74) is 3.03. The zero-order valence-electron chi connectivity index (χ0n) is 11.1. The van der Waals surface area contributed by atoms with Crippen LogP contribution in [0.25, 0.3) is 5.65 Å². The van der Waals surface area contributed by atoms with Crippen molar-refractivity contribution in [1.82, 2.24) is 19.9 Å². The lowest BCUT2D eigenvalue weighted by Crippen LogP contribution is -2.32. The molecule has 2 aromatic rings. The van der Waals surface area contributed by atoms with Gasteiger partial charge in [0.2, 0.25) is 0 Å². The van der Waals surface area contributed by atoms with Crippen LogP contribution in [-0.4, -0.2) is 26.5 Å². The number of carbonyl (C=O) groups excluding carboxylic acids is 1. The minimum Gasteiger partial charge on any atom is -0.344 e. The van der Waals surface area contributed by atoms with E-state index >= 15 is 0 Å². The molecule has 19 heavy (non-hydrogen) atoms. The average molecular weight is 256 g/mol. The first-order valence-corrected chi connectivity index (χ1v) is 6.45. The molecule has 1 N–H and O–H groups in total. The van der Waals surface area contributed by atoms with E-state index in [0.29, 0.717) is 11.3 Å². The molecule has 0 bridgehead atoms. The number of rotatable bonds is 2. The van der Waals surface area contributed by atoms with Crippen LogP contribution in [-0.2, 0) is 0 Å². The summed E-state index contributed by atoms with van der Waals surface area (Å²) in [6.45, 7) is 3.89. The van der Waals surface area contributed by atoms with Crippen molar-refractivity contribution in [3.05, 3.63) is 41.4 Å². The lowest BCUT2D eigenvalue weighted by molar-refractivity contribution is 0.0939. The number of allylic oxidation sites excluding steroid dienone is 1. The van der Waals surface area contributed by atoms with Gasteiger partial charge in [0.1, 0.15) is 0 Å². The van der Waals surface area contributed by atoms with Crippen molar-refractivity contribution in [1.29, 1.82) is 0 Å². The largest absolute Gasteiger partial charge is 0.344 e. The van der Waals surface area contributed by atoms with Gasteiger partial charge in [-0.2, -0.15) is 5.10 Å². The summed E-state index contributed by atoms with van der Waals surface area (Å²) < 4.78 is 1.70. The lowest BCUT2D eigenvalue weighted by Gasteiger charge is -2.08. The Morgan fingerprint density at radius 1 is 1.42 bits per heavy atom. The molecule has 98 valence electrons. The zero-order chi connectivity index (χ0) is 13.4. The molecule has 1 aliphatic rings. The van der Waals surface area contributed by atoms with Crippen LogP contribution >= 0.6 is 0 Å². The molecule has 1 unspecified atom stereocenters. The number of nitrogens with zero attached hydrogens (tertiary/aromatic N) is 3. The standard InChI is InChI=1S/C14H16N4O/c1-9-7-10(2)18-13(15-9)8-12(17-18)14(19)16-11-5-3-4-6-11/h3,5,7-8,11H,4,6H2,1-2H3,(H,16,19). The molecule has 2 aromatic heterocycles. The molecule has 1 amide bonds. The first kappa shape index (κ1) is 11.9. The van der Waals surface area contributed by atoms with E-state index in [1.165, 1.54) is 0 Å². The second-order valence-electron chi connectivity index (χ2n) is 4.92. The molecule has 0 saturated carbocycles. The van der Waals surface area contributed by atoms with Crippen molar-refractivity contribution in [2.75, 3.05) is 0 Å². The van der Waals surface area contributed by atoms with Crippen molar-refractivity contribution in [3.8, 4) is 0 Å². The average Bonchev–Trinajstić information content (AvgIpc) is 2.97. The van der Waals surface area contributed by atoms with Gasteiger partial charge in [-0.3, -0.25) is 4.79 Å². The molecule has 1 aliphatic carbocycles. The highest BCUT2D eigenvalue weighted by atomic mass is 16.2. The van der Waals surface area contributed by atoms with E-state index in [4.69, 9.17) is 0 Å². The summed E-state index contributed by atoms with van der Waals surface area (Å²) in [5, 5.41) is 7.27. The molecule has 5 heteroatoms. The molecule has 2 heterocycles. The van der Waals surface area contributed by atoms with Crippen molar-refractivity contribution in [3.63, 3.8) is 0 Å². The number of aromatic nitrogens is 3. The number of carbonyl (C=O) groups is 1. The summed E-state index contributed by atoms with van der Waals surface area (Å²) in [7, 11) is 0. The number of aryl methyl sites for hydroxylation is 2. The second-order valence-corrected chi connectivity index (χ2v) is 4.92. The zero-order valence-corrected chi connectivity index (χ0v) is 11.1. The van der Waals surface area contributed by atoms with Crippen molar-refractivity contribution in [2.24, 2.45) is 0 Å². The monoisotopic (exact) mass is 256 g/mol. The van der Waals surface area contributed by atoms with Crippen LogP contribution in [0.4, 0.5) is 0 Å². The Morgan fingerprint density at radius 3 is 3.00 bits per heavy atom. The fraction of sp³-hybridized carbons (Fsp3) is 0.357. The molecule has 0 radical (unpaired) electrons. The van der Waals surface area contributed by atoms with Gasteiger partial charge in [-0.1, -0.05) is 12.2 Å². The number of fused-ring (bicyclic) bond motifs is 1. The Balaban J connectivity index is 1.90. The first-order valence-electron chi connectivity index (χ1n) is 6.45. The molecule has 0 aromatic carbocycles. The van der Waals surface area contributed by atoms with Gasteiger partial charge in [-0.05, 0) is 32.8 Å². The van der Waals surface area contributed by atoms with E-state index in [1.807, 2.05) is 26.0 Å². The van der Waals surface area contributed by atoms with Crippen LogP contribution in [0.1, 0.15) is 34.7 Å². The maximum absolute atomic E-state index is 12.1. The maximum Gasteiger partial charge on any atom is 0.272 e. The van der Waals surface area contributed by atoms with Crippen molar-refractivity contribution >= 4 is 11.6 Å². The van der Waals surface area contributed by atoms with Gasteiger partial charge in [0.25, 0.3) is 5.91 Å². The van der Waals surface area contributed by atoms with Gasteiger partial charge in [-0.25, -0.2) is 9.50 Å². The molecule has 1 atom stereocenters. The quantitative estimate of drug-likeness (QED) is 0.833. The van der Waals surface area contributed by atoms with Gasteiger partial charge in [-0.15, -0.1) is 0 Å². The summed E-state index contributed by atoms with van der Waals surface area (Å²) in [6, 6.07) is 3.81. The Bertz CT molecular complexity index is 671. The van der Waals surface area contributed by atoms with E-state index in [9.17, 15) is 4.79 Å². The predicted molar refractivity (Wildman–Crippen MR) is 72.1 cm³/mol. The van der Waals surface area contributed by atoms with Crippen LogP contribution in [0.5, 0.6) is 0 Å². The van der Waals surface area contributed by atoms with E-state index < -0.39 is 0 Å². The minimum atomic E-state index is -0.140. The fourth-order valence-electron chi connectivity index (χ4n) is 2.39. The van der Waals surface area contributed by atoms with Crippen LogP contribution in [0.3, 0.4) is 0 Å². The van der Waals surface area contributed by atoms with Gasteiger partial charge in [0.05, 0.1) is 0 Å². The van der Waals surface area contributed by atoms with Crippen LogP contribution in [0, 0.1) is 13.8 Å². The number of hydrogen-bond donors (Lipinski definition) is 1. The summed E-state index contributed by atoms with van der Waals surface area (Å²) in [4.78, 5) is 16.5. The highest BCUT2D eigenvalue weighted by Crippen LogP contribution is 2.12. The molecule has 0 spiro atoms. The van der Waals surface area contributed by atoms with Gasteiger partial charge >= 0.3 is 0 Å². The van der Waals surface area contributed by atoms with Crippen LogP contribution in [0.15, 0.2) is 24.3 Å². The third-order valence-electron chi connectivity index (χ3n) is 3.30. The molecule has 0 fully saturated rings. The molecular weight excluding hydrogens is 240 g/mol. The van der Waals surface area contributed by atoms with E-state index in [-0.39, 0.29) is 11.9 Å². The van der Waals surface area contributed by atoms with Gasteiger partial charge < -0.3 is 5.32 Å². The Kier molecular flexibility index (Phi) is 2.81. The third kappa shape index (κ3) is 2.23. The summed E-state index contributed by atoms with van der Waals surface area (Å²) >= 11 is 0. The van der Waals surface area contributed by atoms with Crippen molar-refractivity contribution in [2.45, 2.75) is 32.7 Å². The van der Waals surface area contributed by atoms with Gasteiger partial charge in [0.15, 0.2) is 11.3 Å².